The molecule has 0 fully saturated rings. The molecule has 0 aliphatic carbocycles. The number of aromatic amines is 1. The number of para-hydroxylation sites is 4. The van der Waals surface area contributed by atoms with E-state index in [1.54, 1.807) is 0 Å². The number of fused-ring (bicyclic) bond motifs is 3. The number of hydrogen-bond donors (Lipinski definition) is 1. The Bertz CT molecular complexity index is 1870. The Morgan fingerprint density at radius 3 is 1.68 bits per heavy atom. The highest BCUT2D eigenvalue weighted by Gasteiger charge is 2.20. The Kier molecular flexibility index (Phi) is 5.49. The van der Waals surface area contributed by atoms with E-state index >= 15 is 0 Å². The monoisotopic (exact) mass is 486 g/mol. The number of rotatable bonds is 5. The zero-order chi connectivity index (χ0) is 25.3. The molecule has 0 radical (unpaired) electrons. The second-order valence-electron chi connectivity index (χ2n) is 9.50. The predicted molar refractivity (Wildman–Crippen MR) is 161 cm³/mol. The van der Waals surface area contributed by atoms with Crippen LogP contribution in [0.1, 0.15) is 0 Å². The number of H-pyrrole nitrogens is 1. The van der Waals surface area contributed by atoms with E-state index in [4.69, 9.17) is 0 Å². The van der Waals surface area contributed by atoms with Gasteiger partial charge in [0, 0.05) is 38.6 Å². The van der Waals surface area contributed by atoms with E-state index in [0.717, 1.165) is 28.1 Å². The summed E-state index contributed by atoms with van der Waals surface area (Å²) < 4.78 is 0. The summed E-state index contributed by atoms with van der Waals surface area (Å²) in [5.41, 5.74) is 10.5. The van der Waals surface area contributed by atoms with Crippen LogP contribution in [0.3, 0.4) is 0 Å². The molecule has 7 rings (SSSR count). The molecule has 0 saturated heterocycles. The molecule has 1 N–H and O–H groups in total. The lowest BCUT2D eigenvalue weighted by atomic mass is 9.98. The zero-order valence-corrected chi connectivity index (χ0v) is 20.9. The van der Waals surface area contributed by atoms with Gasteiger partial charge in [0.15, 0.2) is 0 Å². The molecule has 6 aromatic carbocycles. The maximum atomic E-state index is 3.56. The van der Waals surface area contributed by atoms with Gasteiger partial charge in [-0.1, -0.05) is 109 Å². The SMILES string of the molecule is c1ccc(-c2ccccc2N(c2ccccc2)c2ccccc2-c2ccc3[nH]c4ccccc4c3c2)cc1. The third kappa shape index (κ3) is 3.84. The van der Waals surface area contributed by atoms with Gasteiger partial charge >= 0.3 is 0 Å². The van der Waals surface area contributed by atoms with Gasteiger partial charge in [-0.05, 0) is 53.6 Å². The number of anilines is 3. The van der Waals surface area contributed by atoms with Gasteiger partial charge in [0.1, 0.15) is 0 Å². The fourth-order valence-corrected chi connectivity index (χ4v) is 5.44. The summed E-state index contributed by atoms with van der Waals surface area (Å²) in [4.78, 5) is 5.95. The van der Waals surface area contributed by atoms with Crippen molar-refractivity contribution in [1.29, 1.82) is 0 Å². The molecule has 2 heteroatoms. The molecule has 0 spiro atoms. The van der Waals surface area contributed by atoms with Crippen LogP contribution in [0.15, 0.2) is 152 Å². The quantitative estimate of drug-likeness (QED) is 0.256. The highest BCUT2D eigenvalue weighted by atomic mass is 15.1. The molecule has 180 valence electrons. The van der Waals surface area contributed by atoms with Gasteiger partial charge in [-0.2, -0.15) is 0 Å². The minimum absolute atomic E-state index is 1.12. The van der Waals surface area contributed by atoms with E-state index in [1.165, 1.54) is 33.0 Å². The zero-order valence-electron chi connectivity index (χ0n) is 20.9. The van der Waals surface area contributed by atoms with Gasteiger partial charge in [-0.3, -0.25) is 0 Å². The summed E-state index contributed by atoms with van der Waals surface area (Å²) in [6.45, 7) is 0. The van der Waals surface area contributed by atoms with E-state index in [0.29, 0.717) is 0 Å². The number of hydrogen-bond acceptors (Lipinski definition) is 1. The van der Waals surface area contributed by atoms with Crippen LogP contribution in [0.25, 0.3) is 44.1 Å². The molecular weight excluding hydrogens is 460 g/mol. The number of benzene rings is 6. The smallest absolute Gasteiger partial charge is 0.0540 e. The van der Waals surface area contributed by atoms with E-state index in [1.807, 2.05) is 0 Å². The molecule has 0 bridgehead atoms. The van der Waals surface area contributed by atoms with Gasteiger partial charge in [0.2, 0.25) is 0 Å². The van der Waals surface area contributed by atoms with Crippen molar-refractivity contribution in [1.82, 2.24) is 4.98 Å². The van der Waals surface area contributed by atoms with E-state index < -0.39 is 0 Å². The molecule has 1 heterocycles. The van der Waals surface area contributed by atoms with Gasteiger partial charge < -0.3 is 9.88 Å². The largest absolute Gasteiger partial charge is 0.355 e. The van der Waals surface area contributed by atoms with E-state index in [-0.39, 0.29) is 0 Å². The fraction of sp³-hybridized carbons (Fsp3) is 0. The molecule has 0 aliphatic heterocycles. The summed E-state index contributed by atoms with van der Waals surface area (Å²) in [5.74, 6) is 0. The third-order valence-corrected chi connectivity index (χ3v) is 7.21. The van der Waals surface area contributed by atoms with Crippen molar-refractivity contribution in [2.75, 3.05) is 4.90 Å². The molecule has 2 nitrogen and oxygen atoms in total. The van der Waals surface area contributed by atoms with Gasteiger partial charge in [-0.15, -0.1) is 0 Å². The Balaban J connectivity index is 1.47. The van der Waals surface area contributed by atoms with Crippen LogP contribution in [0.5, 0.6) is 0 Å². The number of nitrogens with one attached hydrogen (secondary N) is 1. The summed E-state index contributed by atoms with van der Waals surface area (Å²) in [5, 5.41) is 2.49. The topological polar surface area (TPSA) is 19.0 Å². The van der Waals surface area contributed by atoms with Crippen molar-refractivity contribution in [3.63, 3.8) is 0 Å². The molecule has 0 saturated carbocycles. The molecule has 0 atom stereocenters. The second-order valence-corrected chi connectivity index (χ2v) is 9.50. The van der Waals surface area contributed by atoms with E-state index in [2.05, 4.69) is 162 Å². The van der Waals surface area contributed by atoms with Crippen molar-refractivity contribution in [3.8, 4) is 22.3 Å². The highest BCUT2D eigenvalue weighted by molar-refractivity contribution is 6.09. The first-order valence-electron chi connectivity index (χ1n) is 13.0. The maximum Gasteiger partial charge on any atom is 0.0540 e. The Labute approximate surface area is 222 Å². The molecule has 0 unspecified atom stereocenters. The van der Waals surface area contributed by atoms with Crippen LogP contribution < -0.4 is 4.90 Å². The van der Waals surface area contributed by atoms with Crippen molar-refractivity contribution in [2.24, 2.45) is 0 Å². The first-order valence-corrected chi connectivity index (χ1v) is 13.0. The lowest BCUT2D eigenvalue weighted by molar-refractivity contribution is 1.28. The molecular formula is C36H26N2. The van der Waals surface area contributed by atoms with Crippen molar-refractivity contribution in [3.05, 3.63) is 152 Å². The van der Waals surface area contributed by atoms with Crippen molar-refractivity contribution >= 4 is 38.9 Å². The summed E-state index contributed by atoms with van der Waals surface area (Å²) in [7, 11) is 0. The highest BCUT2D eigenvalue weighted by Crippen LogP contribution is 2.44. The Morgan fingerprint density at radius 1 is 0.395 bits per heavy atom. The first kappa shape index (κ1) is 22.1. The normalized spacial score (nSPS) is 11.2. The maximum absolute atomic E-state index is 3.56. The molecule has 0 amide bonds. The first-order chi connectivity index (χ1) is 18.9. The Morgan fingerprint density at radius 2 is 0.947 bits per heavy atom. The minimum Gasteiger partial charge on any atom is -0.355 e. The Hall–Kier alpha value is -5.08. The lowest BCUT2D eigenvalue weighted by Crippen LogP contribution is -2.12. The van der Waals surface area contributed by atoms with Gasteiger partial charge in [0.25, 0.3) is 0 Å². The second kappa shape index (κ2) is 9.42. The van der Waals surface area contributed by atoms with Crippen LogP contribution >= 0.6 is 0 Å². The third-order valence-electron chi connectivity index (χ3n) is 7.21. The molecule has 38 heavy (non-hydrogen) atoms. The van der Waals surface area contributed by atoms with E-state index in [9.17, 15) is 0 Å². The predicted octanol–water partition coefficient (Wildman–Crippen LogP) is 10.1. The van der Waals surface area contributed by atoms with Gasteiger partial charge in [0.05, 0.1) is 11.4 Å². The van der Waals surface area contributed by atoms with Crippen LogP contribution in [-0.2, 0) is 0 Å². The summed E-state index contributed by atoms with van der Waals surface area (Å²) >= 11 is 0. The molecule has 7 aromatic rings. The number of nitrogens with zero attached hydrogens (tertiary/aromatic N) is 1. The van der Waals surface area contributed by atoms with Crippen molar-refractivity contribution < 1.29 is 0 Å². The molecule has 0 aliphatic rings. The minimum atomic E-state index is 1.12. The van der Waals surface area contributed by atoms with Crippen LogP contribution in [0.4, 0.5) is 17.1 Å². The van der Waals surface area contributed by atoms with Crippen LogP contribution in [0.2, 0.25) is 0 Å². The lowest BCUT2D eigenvalue weighted by Gasteiger charge is -2.29. The van der Waals surface area contributed by atoms with Crippen molar-refractivity contribution in [2.45, 2.75) is 0 Å². The summed E-state index contributed by atoms with van der Waals surface area (Å²) in [6, 6.07) is 53.9. The average molecular weight is 487 g/mol. The number of aromatic nitrogens is 1. The standard InChI is InChI=1S/C36H26N2/c1-3-13-26(14-4-1)29-17-8-11-21-35(29)38(28-15-5-2-6-16-28)36-22-12-9-18-30(36)27-23-24-34-32(25-27)31-19-7-10-20-33(31)37-34/h1-25,37H. The van der Waals surface area contributed by atoms with Crippen LogP contribution in [0, 0.1) is 0 Å². The average Bonchev–Trinajstić information content (AvgIpc) is 3.37. The van der Waals surface area contributed by atoms with Crippen LogP contribution in [-0.4, -0.2) is 4.98 Å². The fourth-order valence-electron chi connectivity index (χ4n) is 5.44. The summed E-state index contributed by atoms with van der Waals surface area (Å²) in [6.07, 6.45) is 0. The molecule has 1 aromatic heterocycles. The van der Waals surface area contributed by atoms with Gasteiger partial charge in [-0.25, -0.2) is 0 Å².